The zero-order chi connectivity index (χ0) is 15.8. The number of sulfonamides is 1. The van der Waals surface area contributed by atoms with Crippen LogP contribution in [0.3, 0.4) is 0 Å². The van der Waals surface area contributed by atoms with Crippen molar-refractivity contribution in [3.05, 3.63) is 22.4 Å². The van der Waals surface area contributed by atoms with Crippen LogP contribution >= 0.6 is 15.9 Å². The first-order valence-corrected chi connectivity index (χ1v) is 8.49. The molecule has 9 heteroatoms. The zero-order valence-electron chi connectivity index (χ0n) is 11.3. The molecular weight excluding hydrogens is 367 g/mol. The van der Waals surface area contributed by atoms with Crippen LogP contribution in [0, 0.1) is 5.82 Å². The lowest BCUT2D eigenvalue weighted by Crippen LogP contribution is -2.52. The SMILES string of the molecule is CC1COC(CO)CN1S(=O)(=O)c1cc(N)c(Br)cc1F. The van der Waals surface area contributed by atoms with E-state index < -0.39 is 32.9 Å². The van der Waals surface area contributed by atoms with E-state index in [0.717, 1.165) is 16.4 Å². The summed E-state index contributed by atoms with van der Waals surface area (Å²) in [7, 11) is -4.06. The lowest BCUT2D eigenvalue weighted by atomic mass is 10.2. The molecule has 2 rings (SSSR count). The molecule has 0 saturated carbocycles. The van der Waals surface area contributed by atoms with Gasteiger partial charge < -0.3 is 15.6 Å². The van der Waals surface area contributed by atoms with Crippen molar-refractivity contribution in [1.29, 1.82) is 0 Å². The maximum Gasteiger partial charge on any atom is 0.246 e. The smallest absolute Gasteiger partial charge is 0.246 e. The van der Waals surface area contributed by atoms with Crippen molar-refractivity contribution in [2.45, 2.75) is 24.0 Å². The van der Waals surface area contributed by atoms with Crippen LogP contribution in [0.1, 0.15) is 6.92 Å². The molecule has 0 spiro atoms. The van der Waals surface area contributed by atoms with Crippen LogP contribution < -0.4 is 5.73 Å². The van der Waals surface area contributed by atoms with Crippen molar-refractivity contribution < 1.29 is 22.7 Å². The Morgan fingerprint density at radius 3 is 2.86 bits per heavy atom. The Morgan fingerprint density at radius 2 is 2.24 bits per heavy atom. The van der Waals surface area contributed by atoms with Crippen LogP contribution in [0.4, 0.5) is 10.1 Å². The maximum atomic E-state index is 14.0. The molecule has 2 unspecified atom stereocenters. The summed E-state index contributed by atoms with van der Waals surface area (Å²) >= 11 is 3.05. The van der Waals surface area contributed by atoms with Gasteiger partial charge in [-0.15, -0.1) is 0 Å². The monoisotopic (exact) mass is 382 g/mol. The molecule has 1 fully saturated rings. The third kappa shape index (κ3) is 3.21. The molecule has 0 amide bonds. The van der Waals surface area contributed by atoms with Crippen LogP contribution in [0.25, 0.3) is 0 Å². The molecule has 1 aromatic carbocycles. The van der Waals surface area contributed by atoms with Gasteiger partial charge in [0.25, 0.3) is 0 Å². The highest BCUT2D eigenvalue weighted by atomic mass is 79.9. The molecule has 2 atom stereocenters. The molecule has 21 heavy (non-hydrogen) atoms. The minimum atomic E-state index is -4.06. The molecule has 1 saturated heterocycles. The van der Waals surface area contributed by atoms with Gasteiger partial charge in [-0.3, -0.25) is 0 Å². The summed E-state index contributed by atoms with van der Waals surface area (Å²) in [4.78, 5) is -0.478. The summed E-state index contributed by atoms with van der Waals surface area (Å²) in [5, 5.41) is 9.12. The van der Waals surface area contributed by atoms with Gasteiger partial charge in [0, 0.05) is 22.7 Å². The summed E-state index contributed by atoms with van der Waals surface area (Å²) in [5.74, 6) is -0.879. The number of aliphatic hydroxyl groups excluding tert-OH is 1. The van der Waals surface area contributed by atoms with E-state index in [0.29, 0.717) is 4.47 Å². The van der Waals surface area contributed by atoms with E-state index in [-0.39, 0.29) is 25.4 Å². The van der Waals surface area contributed by atoms with Crippen molar-refractivity contribution >= 4 is 31.6 Å². The van der Waals surface area contributed by atoms with E-state index in [2.05, 4.69) is 15.9 Å². The highest BCUT2D eigenvalue weighted by Gasteiger charge is 2.37. The Labute approximate surface area is 130 Å². The molecular formula is C12H16BrFN2O4S. The third-order valence-electron chi connectivity index (χ3n) is 3.29. The fraction of sp³-hybridized carbons (Fsp3) is 0.500. The van der Waals surface area contributed by atoms with E-state index in [1.165, 1.54) is 0 Å². The van der Waals surface area contributed by atoms with Crippen LogP contribution in [-0.4, -0.2) is 49.7 Å². The molecule has 6 nitrogen and oxygen atoms in total. The summed E-state index contributed by atoms with van der Waals surface area (Å²) in [6.45, 7) is 1.46. The Morgan fingerprint density at radius 1 is 1.57 bits per heavy atom. The van der Waals surface area contributed by atoms with E-state index in [4.69, 9.17) is 15.6 Å². The van der Waals surface area contributed by atoms with Gasteiger partial charge in [-0.05, 0) is 35.0 Å². The number of anilines is 1. The van der Waals surface area contributed by atoms with E-state index in [9.17, 15) is 12.8 Å². The molecule has 0 aromatic heterocycles. The number of hydrogen-bond acceptors (Lipinski definition) is 5. The maximum absolute atomic E-state index is 14.0. The van der Waals surface area contributed by atoms with Crippen molar-refractivity contribution in [2.75, 3.05) is 25.5 Å². The molecule has 1 heterocycles. The molecule has 118 valence electrons. The fourth-order valence-corrected chi connectivity index (χ4v) is 4.15. The number of morpholine rings is 1. The molecule has 1 aromatic rings. The van der Waals surface area contributed by atoms with E-state index >= 15 is 0 Å². The number of benzene rings is 1. The van der Waals surface area contributed by atoms with Crippen molar-refractivity contribution in [3.63, 3.8) is 0 Å². The van der Waals surface area contributed by atoms with Gasteiger partial charge in [0.05, 0.1) is 19.3 Å². The van der Waals surface area contributed by atoms with Crippen molar-refractivity contribution in [1.82, 2.24) is 4.31 Å². The highest BCUT2D eigenvalue weighted by molar-refractivity contribution is 9.10. The summed E-state index contributed by atoms with van der Waals surface area (Å²) in [6, 6.07) is 1.66. The molecule has 1 aliphatic rings. The van der Waals surface area contributed by atoms with Gasteiger partial charge in [0.2, 0.25) is 10.0 Å². The number of hydrogen-bond donors (Lipinski definition) is 2. The summed E-state index contributed by atoms with van der Waals surface area (Å²) in [5.41, 5.74) is 5.78. The van der Waals surface area contributed by atoms with Gasteiger partial charge in [-0.25, -0.2) is 12.8 Å². The average molecular weight is 383 g/mol. The van der Waals surface area contributed by atoms with Crippen molar-refractivity contribution in [3.8, 4) is 0 Å². The first kappa shape index (κ1) is 16.6. The standard InChI is InChI=1S/C12H16BrFN2O4S/c1-7-6-20-8(5-17)4-16(7)21(18,19)12-3-11(15)9(13)2-10(12)14/h2-3,7-8,17H,4-6,15H2,1H3. The van der Waals surface area contributed by atoms with Gasteiger partial charge >= 0.3 is 0 Å². The Bertz CT molecular complexity index is 640. The Balaban J connectivity index is 2.43. The average Bonchev–Trinajstić information content (AvgIpc) is 2.43. The second-order valence-electron chi connectivity index (χ2n) is 4.87. The van der Waals surface area contributed by atoms with E-state index in [1.807, 2.05) is 0 Å². The Kier molecular flexibility index (Phi) is 4.89. The van der Waals surface area contributed by atoms with Crippen molar-refractivity contribution in [2.24, 2.45) is 0 Å². The molecule has 1 aliphatic heterocycles. The number of halogens is 2. The molecule has 0 bridgehead atoms. The van der Waals surface area contributed by atoms with Gasteiger partial charge in [0.1, 0.15) is 10.7 Å². The number of nitrogen functional groups attached to an aromatic ring is 1. The minimum absolute atomic E-state index is 0.0323. The number of nitrogens with two attached hydrogens (primary N) is 1. The highest BCUT2D eigenvalue weighted by Crippen LogP contribution is 2.30. The number of rotatable bonds is 3. The first-order valence-electron chi connectivity index (χ1n) is 6.26. The van der Waals surface area contributed by atoms with E-state index in [1.54, 1.807) is 6.92 Å². The number of aliphatic hydroxyl groups is 1. The number of ether oxygens (including phenoxy) is 1. The summed E-state index contributed by atoms with van der Waals surface area (Å²) < 4.78 is 46.0. The Hall–Kier alpha value is -0.740. The van der Waals surface area contributed by atoms with Crippen LogP contribution in [0.15, 0.2) is 21.5 Å². The number of nitrogens with zero attached hydrogens (tertiary/aromatic N) is 1. The lowest BCUT2D eigenvalue weighted by Gasteiger charge is -2.36. The molecule has 3 N–H and O–H groups in total. The van der Waals surface area contributed by atoms with Crippen LogP contribution in [0.2, 0.25) is 0 Å². The van der Waals surface area contributed by atoms with Gasteiger partial charge in [0.15, 0.2) is 0 Å². The van der Waals surface area contributed by atoms with Crippen LogP contribution in [-0.2, 0) is 14.8 Å². The topological polar surface area (TPSA) is 92.9 Å². The minimum Gasteiger partial charge on any atom is -0.398 e. The van der Waals surface area contributed by atoms with Gasteiger partial charge in [-0.2, -0.15) is 4.31 Å². The summed E-state index contributed by atoms with van der Waals surface area (Å²) in [6.07, 6.45) is -0.619. The molecule has 0 aliphatic carbocycles. The van der Waals surface area contributed by atoms with Crippen LogP contribution in [0.5, 0.6) is 0 Å². The predicted molar refractivity (Wildman–Crippen MR) is 78.7 cm³/mol. The largest absolute Gasteiger partial charge is 0.398 e. The quantitative estimate of drug-likeness (QED) is 0.758. The second-order valence-corrected chi connectivity index (χ2v) is 7.58. The zero-order valence-corrected chi connectivity index (χ0v) is 13.7. The fourth-order valence-electron chi connectivity index (χ4n) is 2.11. The van der Waals surface area contributed by atoms with Gasteiger partial charge in [-0.1, -0.05) is 0 Å². The normalized spacial score (nSPS) is 24.2. The third-order valence-corrected chi connectivity index (χ3v) is 5.97. The molecule has 0 radical (unpaired) electrons. The first-order chi connectivity index (χ1) is 9.77. The second kappa shape index (κ2) is 6.17. The predicted octanol–water partition coefficient (Wildman–Crippen LogP) is 0.941. The lowest BCUT2D eigenvalue weighted by molar-refractivity contribution is -0.0516.